The number of hydrogen-bond acceptors (Lipinski definition) is 5. The summed E-state index contributed by atoms with van der Waals surface area (Å²) in [4.78, 5) is 6.58. The smallest absolute Gasteiger partial charge is 0.321 e. The van der Waals surface area contributed by atoms with Crippen molar-refractivity contribution in [2.75, 3.05) is 31.5 Å². The second-order valence-corrected chi connectivity index (χ2v) is 3.98. The normalized spacial score (nSPS) is 17.1. The van der Waals surface area contributed by atoms with Gasteiger partial charge in [-0.3, -0.25) is 0 Å². The molecular formula is C10H18N4O. The molecule has 2 heterocycles. The minimum atomic E-state index is 0.536. The van der Waals surface area contributed by atoms with Crippen LogP contribution in [0.2, 0.25) is 0 Å². The van der Waals surface area contributed by atoms with Gasteiger partial charge in [-0.15, -0.1) is 0 Å². The molecule has 84 valence electrons. The lowest BCUT2D eigenvalue weighted by molar-refractivity contribution is 0.336. The summed E-state index contributed by atoms with van der Waals surface area (Å²) >= 11 is 0. The van der Waals surface area contributed by atoms with Crippen LogP contribution >= 0.6 is 0 Å². The zero-order valence-corrected chi connectivity index (χ0v) is 9.20. The molecule has 5 nitrogen and oxygen atoms in total. The Balaban J connectivity index is 1.58. The first kappa shape index (κ1) is 10.4. The van der Waals surface area contributed by atoms with Gasteiger partial charge in [-0.05, 0) is 45.8 Å². The Morgan fingerprint density at radius 3 is 2.87 bits per heavy atom. The van der Waals surface area contributed by atoms with Crippen molar-refractivity contribution in [3.63, 3.8) is 0 Å². The second-order valence-electron chi connectivity index (χ2n) is 3.98. The predicted octanol–water partition coefficient (Wildman–Crippen LogP) is 1.28. The molecule has 0 spiro atoms. The van der Waals surface area contributed by atoms with Gasteiger partial charge in [-0.25, -0.2) is 0 Å². The highest BCUT2D eigenvalue weighted by Crippen LogP contribution is 2.07. The van der Waals surface area contributed by atoms with Crippen LogP contribution in [0.25, 0.3) is 0 Å². The maximum Gasteiger partial charge on any atom is 0.321 e. The van der Waals surface area contributed by atoms with Gasteiger partial charge in [0.15, 0.2) is 5.82 Å². The molecule has 1 saturated heterocycles. The van der Waals surface area contributed by atoms with Gasteiger partial charge in [0, 0.05) is 6.54 Å². The van der Waals surface area contributed by atoms with Gasteiger partial charge in [-0.1, -0.05) is 5.16 Å². The van der Waals surface area contributed by atoms with Gasteiger partial charge in [0.2, 0.25) is 0 Å². The van der Waals surface area contributed by atoms with E-state index in [-0.39, 0.29) is 0 Å². The zero-order chi connectivity index (χ0) is 10.5. The maximum absolute atomic E-state index is 4.95. The van der Waals surface area contributed by atoms with E-state index in [9.17, 15) is 0 Å². The van der Waals surface area contributed by atoms with Gasteiger partial charge in [0.05, 0.1) is 0 Å². The predicted molar refractivity (Wildman–Crippen MR) is 57.8 cm³/mol. The van der Waals surface area contributed by atoms with Crippen LogP contribution in [0.1, 0.15) is 25.1 Å². The van der Waals surface area contributed by atoms with Crippen LogP contribution in [0.3, 0.4) is 0 Å². The van der Waals surface area contributed by atoms with Crippen molar-refractivity contribution in [1.82, 2.24) is 15.0 Å². The average molecular weight is 210 g/mol. The third kappa shape index (κ3) is 3.20. The standard InChI is InChI=1S/C10H18N4O/c1-9-12-10(15-13-9)11-5-4-8-14-6-2-3-7-14/h2-8H2,1H3,(H,11,12,13). The molecule has 1 fully saturated rings. The minimum absolute atomic E-state index is 0.536. The van der Waals surface area contributed by atoms with E-state index in [1.165, 1.54) is 32.5 Å². The molecule has 1 N–H and O–H groups in total. The van der Waals surface area contributed by atoms with Gasteiger partial charge >= 0.3 is 6.01 Å². The summed E-state index contributed by atoms with van der Waals surface area (Å²) in [5.41, 5.74) is 0. The number of nitrogens with one attached hydrogen (secondary N) is 1. The van der Waals surface area contributed by atoms with E-state index in [0.29, 0.717) is 11.8 Å². The van der Waals surface area contributed by atoms with Crippen LogP contribution in [-0.4, -0.2) is 41.2 Å². The third-order valence-electron chi connectivity index (χ3n) is 2.65. The summed E-state index contributed by atoms with van der Waals surface area (Å²) in [7, 11) is 0. The van der Waals surface area contributed by atoms with Crippen molar-refractivity contribution in [1.29, 1.82) is 0 Å². The van der Waals surface area contributed by atoms with E-state index in [0.717, 1.165) is 13.0 Å². The lowest BCUT2D eigenvalue weighted by Gasteiger charge is -2.13. The number of likely N-dealkylation sites (tertiary alicyclic amines) is 1. The Kier molecular flexibility index (Phi) is 3.55. The van der Waals surface area contributed by atoms with Crippen LogP contribution in [-0.2, 0) is 0 Å². The second kappa shape index (κ2) is 5.11. The summed E-state index contributed by atoms with van der Waals surface area (Å²) in [6, 6.07) is 0.536. The summed E-state index contributed by atoms with van der Waals surface area (Å²) < 4.78 is 4.95. The van der Waals surface area contributed by atoms with Gasteiger partial charge in [0.25, 0.3) is 0 Å². The highest BCUT2D eigenvalue weighted by atomic mass is 16.5. The van der Waals surface area contributed by atoms with Crippen LogP contribution < -0.4 is 5.32 Å². The number of anilines is 1. The van der Waals surface area contributed by atoms with Crippen LogP contribution in [0.4, 0.5) is 6.01 Å². The number of aryl methyl sites for hydroxylation is 1. The molecule has 0 atom stereocenters. The quantitative estimate of drug-likeness (QED) is 0.742. The molecule has 0 bridgehead atoms. The van der Waals surface area contributed by atoms with Gasteiger partial charge in [0.1, 0.15) is 0 Å². The first-order valence-electron chi connectivity index (χ1n) is 5.61. The van der Waals surface area contributed by atoms with Gasteiger partial charge in [-0.2, -0.15) is 4.98 Å². The Morgan fingerprint density at radius 1 is 1.40 bits per heavy atom. The first-order valence-corrected chi connectivity index (χ1v) is 5.61. The fourth-order valence-corrected chi connectivity index (χ4v) is 1.87. The van der Waals surface area contributed by atoms with E-state index in [1.54, 1.807) is 0 Å². The molecule has 0 aliphatic carbocycles. The van der Waals surface area contributed by atoms with E-state index in [2.05, 4.69) is 20.4 Å². The van der Waals surface area contributed by atoms with E-state index >= 15 is 0 Å². The van der Waals surface area contributed by atoms with E-state index in [1.807, 2.05) is 6.92 Å². The summed E-state index contributed by atoms with van der Waals surface area (Å²) in [6.45, 7) is 6.41. The number of rotatable bonds is 5. The number of nitrogens with zero attached hydrogens (tertiary/aromatic N) is 3. The molecule has 2 rings (SSSR count). The monoisotopic (exact) mass is 210 g/mol. The van der Waals surface area contributed by atoms with E-state index < -0.39 is 0 Å². The lowest BCUT2D eigenvalue weighted by Crippen LogP contribution is -2.22. The Bertz CT molecular complexity index is 293. The van der Waals surface area contributed by atoms with Crippen molar-refractivity contribution in [2.45, 2.75) is 26.2 Å². The van der Waals surface area contributed by atoms with Gasteiger partial charge < -0.3 is 14.7 Å². The lowest BCUT2D eigenvalue weighted by atomic mass is 10.4. The molecule has 1 aliphatic rings. The molecule has 1 aliphatic heterocycles. The van der Waals surface area contributed by atoms with Crippen LogP contribution in [0.15, 0.2) is 4.52 Å². The molecule has 5 heteroatoms. The fourth-order valence-electron chi connectivity index (χ4n) is 1.87. The minimum Gasteiger partial charge on any atom is -0.338 e. The topological polar surface area (TPSA) is 54.2 Å². The molecule has 0 unspecified atom stereocenters. The molecule has 0 amide bonds. The Labute approximate surface area is 89.8 Å². The van der Waals surface area contributed by atoms with Crippen molar-refractivity contribution in [3.8, 4) is 0 Å². The molecule has 1 aromatic heterocycles. The van der Waals surface area contributed by atoms with Crippen molar-refractivity contribution in [2.24, 2.45) is 0 Å². The molecule has 1 aromatic rings. The Morgan fingerprint density at radius 2 is 2.20 bits per heavy atom. The largest absolute Gasteiger partial charge is 0.338 e. The van der Waals surface area contributed by atoms with Crippen LogP contribution in [0.5, 0.6) is 0 Å². The Hall–Kier alpha value is -1.10. The van der Waals surface area contributed by atoms with Crippen molar-refractivity contribution in [3.05, 3.63) is 5.82 Å². The van der Waals surface area contributed by atoms with Crippen molar-refractivity contribution >= 4 is 6.01 Å². The zero-order valence-electron chi connectivity index (χ0n) is 9.20. The molecule has 0 aromatic carbocycles. The number of aromatic nitrogens is 2. The number of hydrogen-bond donors (Lipinski definition) is 1. The summed E-state index contributed by atoms with van der Waals surface area (Å²) in [5.74, 6) is 0.678. The first-order chi connectivity index (χ1) is 7.34. The average Bonchev–Trinajstić information content (AvgIpc) is 2.84. The maximum atomic E-state index is 4.95. The van der Waals surface area contributed by atoms with Crippen LogP contribution in [0, 0.1) is 6.92 Å². The molecule has 15 heavy (non-hydrogen) atoms. The summed E-state index contributed by atoms with van der Waals surface area (Å²) in [6.07, 6.45) is 3.84. The van der Waals surface area contributed by atoms with Crippen molar-refractivity contribution < 1.29 is 4.52 Å². The molecular weight excluding hydrogens is 192 g/mol. The summed E-state index contributed by atoms with van der Waals surface area (Å²) in [5, 5.41) is 6.84. The molecule has 0 saturated carbocycles. The third-order valence-corrected chi connectivity index (χ3v) is 2.65. The fraction of sp³-hybridized carbons (Fsp3) is 0.800. The highest BCUT2D eigenvalue weighted by molar-refractivity contribution is 5.17. The highest BCUT2D eigenvalue weighted by Gasteiger charge is 2.10. The molecule has 0 radical (unpaired) electrons. The van der Waals surface area contributed by atoms with E-state index in [4.69, 9.17) is 4.52 Å². The SMILES string of the molecule is Cc1noc(NCCCN2CCCC2)n1.